The number of benzene rings is 1. The van der Waals surface area contributed by atoms with Gasteiger partial charge in [-0.1, -0.05) is 30.3 Å². The minimum Gasteiger partial charge on any atom is -0.394 e. The minimum atomic E-state index is -0.671. The Morgan fingerprint density at radius 2 is 1.89 bits per heavy atom. The second-order valence-corrected chi connectivity index (χ2v) is 5.61. The van der Waals surface area contributed by atoms with Crippen LogP contribution in [-0.4, -0.2) is 29.3 Å². The number of amides is 1. The predicted octanol–water partition coefficient (Wildman–Crippen LogP) is 2.04. The smallest absolute Gasteiger partial charge is 0.254 e. The lowest BCUT2D eigenvalue weighted by Crippen LogP contribution is -2.41. The average molecular weight is 265 g/mol. The Morgan fingerprint density at radius 1 is 1.32 bits per heavy atom. The fourth-order valence-corrected chi connectivity index (χ4v) is 1.62. The Bertz CT molecular complexity index is 398. The Balaban J connectivity index is 2.90. The van der Waals surface area contributed by atoms with E-state index in [0.717, 1.165) is 5.56 Å². The molecule has 4 heteroatoms. The van der Waals surface area contributed by atoms with Crippen LogP contribution in [0.3, 0.4) is 0 Å². The van der Waals surface area contributed by atoms with Crippen LogP contribution in [0.1, 0.15) is 39.4 Å². The quantitative estimate of drug-likeness (QED) is 0.856. The van der Waals surface area contributed by atoms with Gasteiger partial charge in [-0.05, 0) is 33.3 Å². The summed E-state index contributed by atoms with van der Waals surface area (Å²) in [5.74, 6) is -0.234. The van der Waals surface area contributed by atoms with Gasteiger partial charge in [0.1, 0.15) is 0 Å². The Morgan fingerprint density at radius 3 is 2.37 bits per heavy atom. The molecule has 2 N–H and O–H groups in total. The molecule has 0 spiro atoms. The van der Waals surface area contributed by atoms with Gasteiger partial charge in [0, 0.05) is 6.04 Å². The Kier molecular flexibility index (Phi) is 5.51. The van der Waals surface area contributed by atoms with Crippen molar-refractivity contribution in [2.45, 2.75) is 45.4 Å². The van der Waals surface area contributed by atoms with Gasteiger partial charge in [0.25, 0.3) is 5.91 Å². The molecule has 106 valence electrons. The molecule has 19 heavy (non-hydrogen) atoms. The topological polar surface area (TPSA) is 58.6 Å². The third kappa shape index (κ3) is 5.41. The molecule has 1 amide bonds. The monoisotopic (exact) mass is 265 g/mol. The fourth-order valence-electron chi connectivity index (χ4n) is 1.62. The van der Waals surface area contributed by atoms with Gasteiger partial charge in [-0.2, -0.15) is 0 Å². The molecule has 1 aromatic rings. The average Bonchev–Trinajstić information content (AvgIpc) is 2.35. The summed E-state index contributed by atoms with van der Waals surface area (Å²) in [5, 5.41) is 11.7. The molecule has 0 unspecified atom stereocenters. The number of aliphatic hydroxyl groups is 1. The van der Waals surface area contributed by atoms with Crippen molar-refractivity contribution in [1.29, 1.82) is 0 Å². The van der Waals surface area contributed by atoms with Crippen LogP contribution in [-0.2, 0) is 9.53 Å². The first-order chi connectivity index (χ1) is 8.83. The molecule has 0 aliphatic carbocycles. The van der Waals surface area contributed by atoms with Crippen LogP contribution in [0.15, 0.2) is 30.3 Å². The zero-order chi connectivity index (χ0) is 14.5. The van der Waals surface area contributed by atoms with Crippen LogP contribution in [0.5, 0.6) is 0 Å². The summed E-state index contributed by atoms with van der Waals surface area (Å²) in [6.07, 6.45) is -0.671. The third-order valence-electron chi connectivity index (χ3n) is 2.47. The van der Waals surface area contributed by atoms with Crippen molar-refractivity contribution in [2.75, 3.05) is 6.61 Å². The van der Waals surface area contributed by atoms with Crippen molar-refractivity contribution < 1.29 is 14.6 Å². The van der Waals surface area contributed by atoms with Crippen LogP contribution in [0.25, 0.3) is 0 Å². The standard InChI is InChI=1S/C15H23NO3/c1-11(10-17)16-14(18)13(19-15(2,3)4)12-8-6-5-7-9-12/h5-9,11,13,17H,10H2,1-4H3,(H,16,18)/t11-,13-/m1/s1. The molecule has 0 aliphatic rings. The van der Waals surface area contributed by atoms with Crippen LogP contribution in [0.2, 0.25) is 0 Å². The lowest BCUT2D eigenvalue weighted by atomic mass is 10.1. The molecule has 0 aromatic heterocycles. The number of carbonyl (C=O) groups is 1. The van der Waals surface area contributed by atoms with E-state index < -0.39 is 11.7 Å². The lowest BCUT2D eigenvalue weighted by Gasteiger charge is -2.28. The van der Waals surface area contributed by atoms with Crippen LogP contribution in [0.4, 0.5) is 0 Å². The summed E-state index contributed by atoms with van der Waals surface area (Å²) < 4.78 is 5.84. The number of rotatable bonds is 5. The molecule has 0 bridgehead atoms. The summed E-state index contributed by atoms with van der Waals surface area (Å²) in [7, 11) is 0. The van der Waals surface area contributed by atoms with Crippen molar-refractivity contribution in [1.82, 2.24) is 5.32 Å². The molecule has 0 aliphatic heterocycles. The highest BCUT2D eigenvalue weighted by atomic mass is 16.5. The Labute approximate surface area is 114 Å². The van der Waals surface area contributed by atoms with E-state index in [9.17, 15) is 4.79 Å². The van der Waals surface area contributed by atoms with E-state index in [1.807, 2.05) is 51.1 Å². The second kappa shape index (κ2) is 6.68. The zero-order valence-electron chi connectivity index (χ0n) is 12.0. The number of hydrogen-bond acceptors (Lipinski definition) is 3. The number of aliphatic hydroxyl groups excluding tert-OH is 1. The van der Waals surface area contributed by atoms with Crippen molar-refractivity contribution in [3.63, 3.8) is 0 Å². The van der Waals surface area contributed by atoms with Crippen molar-refractivity contribution in [3.05, 3.63) is 35.9 Å². The van der Waals surface area contributed by atoms with Crippen LogP contribution >= 0.6 is 0 Å². The molecule has 0 fully saturated rings. The van der Waals surface area contributed by atoms with E-state index in [2.05, 4.69) is 5.32 Å². The minimum absolute atomic E-state index is 0.0945. The van der Waals surface area contributed by atoms with Gasteiger partial charge in [-0.25, -0.2) is 0 Å². The summed E-state index contributed by atoms with van der Waals surface area (Å²) in [6.45, 7) is 7.38. The van der Waals surface area contributed by atoms with Gasteiger partial charge < -0.3 is 15.2 Å². The zero-order valence-corrected chi connectivity index (χ0v) is 12.0. The molecule has 0 heterocycles. The first kappa shape index (κ1) is 15.7. The third-order valence-corrected chi connectivity index (χ3v) is 2.47. The summed E-state index contributed by atoms with van der Waals surface area (Å²) in [4.78, 5) is 12.2. The first-order valence-electron chi connectivity index (χ1n) is 6.47. The van der Waals surface area contributed by atoms with Crippen molar-refractivity contribution >= 4 is 5.91 Å². The number of ether oxygens (including phenoxy) is 1. The number of hydrogen-bond donors (Lipinski definition) is 2. The molecule has 2 atom stereocenters. The van der Waals surface area contributed by atoms with Crippen molar-refractivity contribution in [3.8, 4) is 0 Å². The van der Waals surface area contributed by atoms with Gasteiger partial charge >= 0.3 is 0 Å². The van der Waals surface area contributed by atoms with Gasteiger partial charge in [-0.3, -0.25) is 4.79 Å². The van der Waals surface area contributed by atoms with E-state index >= 15 is 0 Å². The number of carbonyl (C=O) groups excluding carboxylic acids is 1. The maximum Gasteiger partial charge on any atom is 0.254 e. The molecule has 0 saturated heterocycles. The van der Waals surface area contributed by atoms with Crippen LogP contribution < -0.4 is 5.32 Å². The number of nitrogens with one attached hydrogen (secondary N) is 1. The molecule has 4 nitrogen and oxygen atoms in total. The van der Waals surface area contributed by atoms with Gasteiger partial charge in [-0.15, -0.1) is 0 Å². The molecule has 1 rings (SSSR count). The van der Waals surface area contributed by atoms with E-state index in [1.165, 1.54) is 0 Å². The van der Waals surface area contributed by atoms with Crippen molar-refractivity contribution in [2.24, 2.45) is 0 Å². The Hall–Kier alpha value is -1.39. The van der Waals surface area contributed by atoms with Gasteiger partial charge in [0.2, 0.25) is 0 Å². The normalized spacial score (nSPS) is 14.8. The first-order valence-corrected chi connectivity index (χ1v) is 6.47. The second-order valence-electron chi connectivity index (χ2n) is 5.61. The highest BCUT2D eigenvalue weighted by Gasteiger charge is 2.27. The van der Waals surface area contributed by atoms with Crippen LogP contribution in [0, 0.1) is 0 Å². The maximum absolute atomic E-state index is 12.2. The van der Waals surface area contributed by atoms with Gasteiger partial charge in [0.05, 0.1) is 12.2 Å². The summed E-state index contributed by atoms with van der Waals surface area (Å²) in [5.41, 5.74) is 0.375. The molecular weight excluding hydrogens is 242 g/mol. The molecule has 0 radical (unpaired) electrons. The largest absolute Gasteiger partial charge is 0.394 e. The molecular formula is C15H23NO3. The molecule has 1 aromatic carbocycles. The van der Waals surface area contributed by atoms with E-state index in [4.69, 9.17) is 9.84 Å². The summed E-state index contributed by atoms with van der Waals surface area (Å²) >= 11 is 0. The van der Waals surface area contributed by atoms with Gasteiger partial charge in [0.15, 0.2) is 6.10 Å². The van der Waals surface area contributed by atoms with E-state index in [-0.39, 0.29) is 18.6 Å². The van der Waals surface area contributed by atoms with E-state index in [1.54, 1.807) is 6.92 Å². The highest BCUT2D eigenvalue weighted by Crippen LogP contribution is 2.24. The summed E-state index contributed by atoms with van der Waals surface area (Å²) in [6, 6.07) is 9.07. The lowest BCUT2D eigenvalue weighted by molar-refractivity contribution is -0.144. The fraction of sp³-hybridized carbons (Fsp3) is 0.533. The highest BCUT2D eigenvalue weighted by molar-refractivity contribution is 5.82. The molecule has 0 saturated carbocycles. The predicted molar refractivity (Wildman–Crippen MR) is 74.7 cm³/mol. The maximum atomic E-state index is 12.2. The SMILES string of the molecule is C[C@H](CO)NC(=O)[C@H](OC(C)(C)C)c1ccccc1. The van der Waals surface area contributed by atoms with E-state index in [0.29, 0.717) is 0 Å².